The number of anilines is 1. The van der Waals surface area contributed by atoms with E-state index in [1.807, 2.05) is 0 Å². The van der Waals surface area contributed by atoms with Crippen LogP contribution in [-0.2, 0) is 10.4 Å². The van der Waals surface area contributed by atoms with Crippen LogP contribution in [0.25, 0.3) is 0 Å². The molecule has 0 saturated heterocycles. The Bertz CT molecular complexity index is 431. The molecule has 0 radical (unpaired) electrons. The zero-order valence-corrected chi connectivity index (χ0v) is 8.10. The van der Waals surface area contributed by atoms with Crippen molar-refractivity contribution in [2.75, 3.05) is 12.4 Å². The molecule has 15 heavy (non-hydrogen) atoms. The molecule has 0 aliphatic carbocycles. The Hall–Kier alpha value is -1.88. The van der Waals surface area contributed by atoms with Crippen LogP contribution in [-0.4, -0.2) is 23.5 Å². The van der Waals surface area contributed by atoms with Gasteiger partial charge in [0.2, 0.25) is 5.88 Å². The van der Waals surface area contributed by atoms with E-state index in [-0.39, 0.29) is 5.69 Å². The van der Waals surface area contributed by atoms with Gasteiger partial charge in [-0.15, -0.1) is 0 Å². The van der Waals surface area contributed by atoms with Gasteiger partial charge in [-0.3, -0.25) is 4.79 Å². The maximum absolute atomic E-state index is 10.8. The summed E-state index contributed by atoms with van der Waals surface area (Å²) in [5.41, 5.74) is -0.831. The van der Waals surface area contributed by atoms with Crippen LogP contribution >= 0.6 is 0 Å². The van der Waals surface area contributed by atoms with Gasteiger partial charge in [0, 0.05) is 12.3 Å². The van der Waals surface area contributed by atoms with Gasteiger partial charge in [-0.05, 0) is 12.1 Å². The maximum atomic E-state index is 10.8. The Kier molecular flexibility index (Phi) is 2.17. The second-order valence-electron chi connectivity index (χ2n) is 3.17. The fourth-order valence-corrected chi connectivity index (χ4v) is 1.41. The van der Waals surface area contributed by atoms with Gasteiger partial charge in [0.15, 0.2) is 11.9 Å². The molecule has 1 aliphatic heterocycles. The van der Waals surface area contributed by atoms with Crippen molar-refractivity contribution in [2.45, 2.75) is 5.60 Å². The zero-order chi connectivity index (χ0) is 10.9. The van der Waals surface area contributed by atoms with Crippen LogP contribution in [0.2, 0.25) is 0 Å². The van der Waals surface area contributed by atoms with Crippen LogP contribution in [0.1, 0.15) is 5.69 Å². The molecule has 1 atom stereocenters. The van der Waals surface area contributed by atoms with Gasteiger partial charge in [-0.1, -0.05) is 0 Å². The lowest BCUT2D eigenvalue weighted by molar-refractivity contribution is -0.120. The molecule has 1 aromatic rings. The number of ether oxygens (including phenoxy) is 1. The minimum absolute atomic E-state index is 0.249. The minimum Gasteiger partial charge on any atom is -0.481 e. The van der Waals surface area contributed by atoms with Crippen LogP contribution in [0.15, 0.2) is 24.4 Å². The van der Waals surface area contributed by atoms with Crippen molar-refractivity contribution in [1.29, 1.82) is 0 Å². The fraction of sp³-hybridized carbons (Fsp3) is 0.200. The first-order chi connectivity index (χ1) is 7.19. The number of pyridine rings is 1. The van der Waals surface area contributed by atoms with E-state index in [2.05, 4.69) is 10.3 Å². The number of aromatic nitrogens is 1. The molecule has 0 aromatic carbocycles. The molecule has 1 unspecified atom stereocenters. The third-order valence-corrected chi connectivity index (χ3v) is 2.21. The van der Waals surface area contributed by atoms with Gasteiger partial charge in [-0.2, -0.15) is 0 Å². The van der Waals surface area contributed by atoms with Gasteiger partial charge in [0.25, 0.3) is 0 Å². The number of aldehydes is 1. The van der Waals surface area contributed by atoms with Crippen LogP contribution in [0, 0.1) is 0 Å². The highest BCUT2D eigenvalue weighted by Crippen LogP contribution is 2.31. The molecule has 0 fully saturated rings. The molecular weight excluding hydrogens is 196 g/mol. The number of nitrogens with zero attached hydrogens (tertiary/aromatic N) is 1. The van der Waals surface area contributed by atoms with Gasteiger partial charge < -0.3 is 15.2 Å². The number of aliphatic hydroxyl groups is 1. The first kappa shape index (κ1) is 9.67. The summed E-state index contributed by atoms with van der Waals surface area (Å²) in [6.45, 7) is 0. The third kappa shape index (κ3) is 1.46. The number of rotatable bonds is 2. The first-order valence-corrected chi connectivity index (χ1v) is 4.38. The number of hydrogen-bond donors (Lipinski definition) is 2. The Morgan fingerprint density at radius 3 is 3.07 bits per heavy atom. The quantitative estimate of drug-likeness (QED) is 0.686. The van der Waals surface area contributed by atoms with E-state index in [0.29, 0.717) is 17.9 Å². The first-order valence-electron chi connectivity index (χ1n) is 4.38. The van der Waals surface area contributed by atoms with E-state index < -0.39 is 5.60 Å². The number of carbonyl (C=O) groups is 1. The molecule has 0 spiro atoms. The van der Waals surface area contributed by atoms with Crippen molar-refractivity contribution in [3.8, 4) is 5.88 Å². The topological polar surface area (TPSA) is 71.5 Å². The molecule has 5 nitrogen and oxygen atoms in total. The molecule has 2 N–H and O–H groups in total. The Labute approximate surface area is 86.4 Å². The molecule has 2 rings (SSSR count). The summed E-state index contributed by atoms with van der Waals surface area (Å²) in [6, 6.07) is 3.34. The molecular formula is C10H10N2O3. The SMILES string of the molecule is COc1ccc2c(n1)C(O)(C=O)C=CN2. The number of carbonyl (C=O) groups excluding carboxylic acids is 1. The van der Waals surface area contributed by atoms with Crippen molar-refractivity contribution in [3.63, 3.8) is 0 Å². The van der Waals surface area contributed by atoms with E-state index in [4.69, 9.17) is 4.74 Å². The third-order valence-electron chi connectivity index (χ3n) is 2.21. The van der Waals surface area contributed by atoms with E-state index in [0.717, 1.165) is 0 Å². The average Bonchev–Trinajstić information content (AvgIpc) is 2.29. The van der Waals surface area contributed by atoms with Crippen LogP contribution in [0.4, 0.5) is 5.69 Å². The average molecular weight is 206 g/mol. The molecule has 0 bridgehead atoms. The molecule has 0 saturated carbocycles. The number of methoxy groups -OCH3 is 1. The summed E-state index contributed by atoms with van der Waals surface area (Å²) in [5, 5.41) is 12.8. The van der Waals surface area contributed by atoms with Crippen molar-refractivity contribution in [1.82, 2.24) is 4.98 Å². The number of fused-ring (bicyclic) bond motifs is 1. The van der Waals surface area contributed by atoms with E-state index in [1.54, 1.807) is 12.1 Å². The zero-order valence-electron chi connectivity index (χ0n) is 8.10. The second-order valence-corrected chi connectivity index (χ2v) is 3.17. The van der Waals surface area contributed by atoms with E-state index >= 15 is 0 Å². The predicted octanol–water partition coefficient (Wildman–Crippen LogP) is 0.416. The lowest BCUT2D eigenvalue weighted by atomic mass is 9.97. The van der Waals surface area contributed by atoms with Gasteiger partial charge in [0.05, 0.1) is 12.8 Å². The molecule has 1 aliphatic rings. The summed E-state index contributed by atoms with van der Waals surface area (Å²) in [5.74, 6) is 0.353. The summed E-state index contributed by atoms with van der Waals surface area (Å²) >= 11 is 0. The minimum atomic E-state index is -1.67. The summed E-state index contributed by atoms with van der Waals surface area (Å²) in [6.07, 6.45) is 3.29. The molecule has 5 heteroatoms. The van der Waals surface area contributed by atoms with Crippen LogP contribution in [0.5, 0.6) is 5.88 Å². The molecule has 1 aromatic heterocycles. The maximum Gasteiger partial charge on any atom is 0.213 e. The standard InChI is InChI=1S/C10H10N2O3/c1-15-8-3-2-7-9(12-8)10(14,6-13)4-5-11-7/h2-6,11,14H,1H3. The normalized spacial score (nSPS) is 22.8. The van der Waals surface area contributed by atoms with Gasteiger partial charge >= 0.3 is 0 Å². The Morgan fingerprint density at radius 1 is 1.60 bits per heavy atom. The Balaban J connectivity index is 2.57. The summed E-state index contributed by atoms with van der Waals surface area (Å²) < 4.78 is 4.93. The lowest BCUT2D eigenvalue weighted by Gasteiger charge is -2.24. The summed E-state index contributed by atoms with van der Waals surface area (Å²) in [4.78, 5) is 14.9. The highest BCUT2D eigenvalue weighted by Gasteiger charge is 2.33. The van der Waals surface area contributed by atoms with Crippen molar-refractivity contribution in [2.24, 2.45) is 0 Å². The van der Waals surface area contributed by atoms with Crippen molar-refractivity contribution in [3.05, 3.63) is 30.1 Å². The second kappa shape index (κ2) is 3.36. The van der Waals surface area contributed by atoms with Gasteiger partial charge in [0.1, 0.15) is 5.69 Å². The molecule has 2 heterocycles. The number of nitrogens with one attached hydrogen (secondary N) is 1. The van der Waals surface area contributed by atoms with Crippen LogP contribution < -0.4 is 10.1 Å². The highest BCUT2D eigenvalue weighted by atomic mass is 16.5. The molecule has 0 amide bonds. The fourth-order valence-electron chi connectivity index (χ4n) is 1.41. The largest absolute Gasteiger partial charge is 0.481 e. The highest BCUT2D eigenvalue weighted by molar-refractivity contribution is 5.75. The van der Waals surface area contributed by atoms with Crippen molar-refractivity contribution < 1.29 is 14.6 Å². The summed E-state index contributed by atoms with van der Waals surface area (Å²) in [7, 11) is 1.47. The monoisotopic (exact) mass is 206 g/mol. The molecule has 78 valence electrons. The lowest BCUT2D eigenvalue weighted by Crippen LogP contribution is -2.30. The predicted molar refractivity (Wildman–Crippen MR) is 53.5 cm³/mol. The number of hydrogen-bond acceptors (Lipinski definition) is 5. The smallest absolute Gasteiger partial charge is 0.213 e. The van der Waals surface area contributed by atoms with E-state index in [1.165, 1.54) is 19.4 Å². The van der Waals surface area contributed by atoms with Crippen LogP contribution in [0.3, 0.4) is 0 Å². The van der Waals surface area contributed by atoms with Crippen molar-refractivity contribution >= 4 is 12.0 Å². The van der Waals surface area contributed by atoms with Gasteiger partial charge in [-0.25, -0.2) is 4.98 Å². The van der Waals surface area contributed by atoms with E-state index in [9.17, 15) is 9.90 Å². The Morgan fingerprint density at radius 2 is 2.40 bits per heavy atom.